The number of rotatable bonds is 11. The Labute approximate surface area is 148 Å². The third-order valence-electron chi connectivity index (χ3n) is 3.90. The molecule has 6 nitrogen and oxygen atoms in total. The van der Waals surface area contributed by atoms with E-state index < -0.39 is 23.6 Å². The highest BCUT2D eigenvalue weighted by molar-refractivity contribution is 6.18. The summed E-state index contributed by atoms with van der Waals surface area (Å²) in [5, 5.41) is 10.4. The fraction of sp³-hybridized carbons (Fsp3) is 0.474. The van der Waals surface area contributed by atoms with Gasteiger partial charge >= 0.3 is 5.97 Å². The van der Waals surface area contributed by atoms with Gasteiger partial charge in [0.1, 0.15) is 17.4 Å². The van der Waals surface area contributed by atoms with Crippen LogP contribution in [0.5, 0.6) is 0 Å². The number of ketones is 1. The van der Waals surface area contributed by atoms with E-state index in [0.717, 1.165) is 6.42 Å². The monoisotopic (exact) mass is 350 g/mol. The van der Waals surface area contributed by atoms with Crippen LogP contribution in [0.15, 0.2) is 48.8 Å². The second-order valence-electron chi connectivity index (χ2n) is 5.58. The van der Waals surface area contributed by atoms with E-state index in [9.17, 15) is 14.7 Å². The van der Waals surface area contributed by atoms with E-state index in [1.54, 1.807) is 12.2 Å². The van der Waals surface area contributed by atoms with Gasteiger partial charge in [-0.1, -0.05) is 12.2 Å². The molecule has 0 saturated heterocycles. The lowest BCUT2D eigenvalue weighted by Gasteiger charge is -2.31. The molecule has 25 heavy (non-hydrogen) atoms. The van der Waals surface area contributed by atoms with Gasteiger partial charge in [0.2, 0.25) is 0 Å². The average molecular weight is 350 g/mol. The number of esters is 1. The number of carbonyl (C=O) groups excluding carboxylic acids is 2. The number of hydrogen-bond acceptors (Lipinski definition) is 6. The zero-order valence-electron chi connectivity index (χ0n) is 14.8. The van der Waals surface area contributed by atoms with Gasteiger partial charge in [-0.25, -0.2) is 4.79 Å². The molecular formula is C19H26O6. The Morgan fingerprint density at radius 3 is 2.56 bits per heavy atom. The zero-order valence-corrected chi connectivity index (χ0v) is 14.8. The number of allylic oxidation sites excluding steroid dienone is 3. The number of aliphatic hydroxyl groups is 1. The summed E-state index contributed by atoms with van der Waals surface area (Å²) in [5.41, 5.74) is -0.196. The van der Waals surface area contributed by atoms with Crippen molar-refractivity contribution in [1.82, 2.24) is 0 Å². The maximum atomic E-state index is 12.3. The lowest BCUT2D eigenvalue weighted by atomic mass is 10.0. The molecule has 0 bridgehead atoms. The molecule has 0 saturated carbocycles. The molecular weight excluding hydrogens is 324 g/mol. The molecule has 2 atom stereocenters. The van der Waals surface area contributed by atoms with Crippen molar-refractivity contribution in [2.75, 3.05) is 14.2 Å². The zero-order chi connectivity index (χ0) is 18.9. The quantitative estimate of drug-likeness (QED) is 0.154. The molecule has 0 aromatic rings. The second-order valence-corrected chi connectivity index (χ2v) is 5.58. The third-order valence-corrected chi connectivity index (χ3v) is 3.90. The van der Waals surface area contributed by atoms with Gasteiger partial charge < -0.3 is 19.3 Å². The minimum atomic E-state index is -1.44. The van der Waals surface area contributed by atoms with Crippen LogP contribution in [0.1, 0.15) is 32.1 Å². The van der Waals surface area contributed by atoms with Crippen molar-refractivity contribution in [2.24, 2.45) is 0 Å². The summed E-state index contributed by atoms with van der Waals surface area (Å²) in [5.74, 6) is -2.61. The van der Waals surface area contributed by atoms with Crippen LogP contribution in [-0.2, 0) is 23.8 Å². The van der Waals surface area contributed by atoms with Crippen LogP contribution in [0.4, 0.5) is 0 Å². The van der Waals surface area contributed by atoms with Crippen LogP contribution in [0.25, 0.3) is 0 Å². The number of aliphatic hydroxyl groups excluding tert-OH is 1. The van der Waals surface area contributed by atoms with Crippen molar-refractivity contribution < 1.29 is 28.9 Å². The van der Waals surface area contributed by atoms with E-state index >= 15 is 0 Å². The van der Waals surface area contributed by atoms with Crippen LogP contribution in [0.2, 0.25) is 0 Å². The first-order valence-electron chi connectivity index (χ1n) is 8.14. The molecule has 1 rings (SSSR count). The highest BCUT2D eigenvalue weighted by Gasteiger charge is 2.43. The molecule has 138 valence electrons. The van der Waals surface area contributed by atoms with Crippen LogP contribution in [-0.4, -0.2) is 43.0 Å². The number of unbranched alkanes of at least 4 members (excludes halogenated alkanes) is 1. The highest BCUT2D eigenvalue weighted by Crippen LogP contribution is 2.34. The molecule has 0 aliphatic carbocycles. The molecule has 0 amide bonds. The lowest BCUT2D eigenvalue weighted by molar-refractivity contribution is -0.212. The molecule has 1 aliphatic heterocycles. The Hall–Kier alpha value is -2.18. The van der Waals surface area contributed by atoms with Gasteiger partial charge in [-0.05, 0) is 37.8 Å². The molecule has 0 unspecified atom stereocenters. The highest BCUT2D eigenvalue weighted by atomic mass is 16.7. The van der Waals surface area contributed by atoms with Gasteiger partial charge in [0.15, 0.2) is 5.78 Å². The van der Waals surface area contributed by atoms with Crippen molar-refractivity contribution in [2.45, 2.75) is 44.0 Å². The van der Waals surface area contributed by atoms with Gasteiger partial charge in [-0.15, -0.1) is 13.2 Å². The summed E-state index contributed by atoms with van der Waals surface area (Å²) in [6, 6.07) is 0. The van der Waals surface area contributed by atoms with Crippen molar-refractivity contribution in [3.8, 4) is 0 Å². The van der Waals surface area contributed by atoms with Crippen LogP contribution < -0.4 is 0 Å². The third kappa shape index (κ3) is 5.14. The number of Topliss-reactive ketones (excluding diaryl/α,β-unsaturated/α-hetero) is 1. The first kappa shape index (κ1) is 20.9. The summed E-state index contributed by atoms with van der Waals surface area (Å²) in [7, 11) is 2.58. The molecule has 0 fully saturated rings. The number of ether oxygens (including phenoxy) is 3. The van der Waals surface area contributed by atoms with Crippen molar-refractivity contribution in [3.05, 3.63) is 48.8 Å². The fourth-order valence-electron chi connectivity index (χ4n) is 2.46. The Morgan fingerprint density at radius 1 is 1.32 bits per heavy atom. The minimum Gasteiger partial charge on any atom is -0.465 e. The topological polar surface area (TPSA) is 82.1 Å². The second kappa shape index (κ2) is 9.96. The molecule has 0 aromatic heterocycles. The standard InChI is InChI=1S/C19H26O6/c1-5-7-9-11-16(21)19(24-4)13-12-15(25-19)17(18(22)23-3)14(20)10-8-6-2/h5-6,12-13,16,21H,1-2,7-11H2,3-4H3/b17-15+/t16-,19-/m0/s1. The Kier molecular flexibility index (Phi) is 8.31. The summed E-state index contributed by atoms with van der Waals surface area (Å²) in [6.45, 7) is 7.20. The van der Waals surface area contributed by atoms with Gasteiger partial charge in [0, 0.05) is 13.5 Å². The van der Waals surface area contributed by atoms with Gasteiger partial charge in [-0.3, -0.25) is 4.79 Å². The van der Waals surface area contributed by atoms with Crippen LogP contribution in [0, 0.1) is 0 Å². The number of carbonyl (C=O) groups is 2. The molecule has 6 heteroatoms. The predicted octanol–water partition coefficient (Wildman–Crippen LogP) is 2.60. The van der Waals surface area contributed by atoms with E-state index in [1.807, 2.05) is 0 Å². The maximum absolute atomic E-state index is 12.3. The largest absolute Gasteiger partial charge is 0.465 e. The predicted molar refractivity (Wildman–Crippen MR) is 93.5 cm³/mol. The van der Waals surface area contributed by atoms with E-state index in [2.05, 4.69) is 13.2 Å². The van der Waals surface area contributed by atoms with Crippen LogP contribution >= 0.6 is 0 Å². The SMILES string of the molecule is C=CCCC[C@H](O)[C@]1(OC)C=C/C(=C(/C(=O)CCC=C)C(=O)OC)O1. The smallest absolute Gasteiger partial charge is 0.345 e. The first-order valence-corrected chi connectivity index (χ1v) is 8.14. The van der Waals surface area contributed by atoms with Crippen molar-refractivity contribution >= 4 is 11.8 Å². The number of methoxy groups -OCH3 is 2. The van der Waals surface area contributed by atoms with E-state index in [0.29, 0.717) is 19.3 Å². The van der Waals surface area contributed by atoms with E-state index in [4.69, 9.17) is 14.2 Å². The molecule has 0 spiro atoms. The fourth-order valence-corrected chi connectivity index (χ4v) is 2.46. The molecule has 1 heterocycles. The number of hydrogen-bond donors (Lipinski definition) is 1. The summed E-state index contributed by atoms with van der Waals surface area (Å²) < 4.78 is 15.7. The van der Waals surface area contributed by atoms with Gasteiger partial charge in [0.25, 0.3) is 5.79 Å². The molecule has 0 radical (unpaired) electrons. The Morgan fingerprint density at radius 2 is 2.00 bits per heavy atom. The van der Waals surface area contributed by atoms with Gasteiger partial charge in [0.05, 0.1) is 7.11 Å². The van der Waals surface area contributed by atoms with Gasteiger partial charge in [-0.2, -0.15) is 0 Å². The normalized spacial score (nSPS) is 22.0. The maximum Gasteiger partial charge on any atom is 0.345 e. The average Bonchev–Trinajstić information content (AvgIpc) is 3.05. The Balaban J connectivity index is 3.06. The molecule has 1 N–H and O–H groups in total. The van der Waals surface area contributed by atoms with E-state index in [1.165, 1.54) is 26.4 Å². The summed E-state index contributed by atoms with van der Waals surface area (Å²) in [4.78, 5) is 24.4. The summed E-state index contributed by atoms with van der Waals surface area (Å²) in [6.07, 6.45) is 7.74. The van der Waals surface area contributed by atoms with Crippen molar-refractivity contribution in [3.63, 3.8) is 0 Å². The van der Waals surface area contributed by atoms with E-state index in [-0.39, 0.29) is 17.8 Å². The molecule has 0 aromatic carbocycles. The molecule has 1 aliphatic rings. The van der Waals surface area contributed by atoms with Crippen molar-refractivity contribution in [1.29, 1.82) is 0 Å². The Bertz CT molecular complexity index is 574. The lowest BCUT2D eigenvalue weighted by Crippen LogP contribution is -2.43. The van der Waals surface area contributed by atoms with Crippen LogP contribution in [0.3, 0.4) is 0 Å². The summed E-state index contributed by atoms with van der Waals surface area (Å²) >= 11 is 0. The minimum absolute atomic E-state index is 0.0329. The first-order chi connectivity index (χ1) is 12.0.